The molecule has 1 aliphatic heterocycles. The van der Waals surface area contributed by atoms with Gasteiger partial charge in [0.05, 0.1) is 33.6 Å². The molecule has 1 aliphatic rings. The number of non-ortho nitro benzene ring substituents is 2. The topological polar surface area (TPSA) is 184 Å². The molecule has 0 amide bonds. The number of aromatic amines is 2. The summed E-state index contributed by atoms with van der Waals surface area (Å²) in [6.07, 6.45) is -0.777. The third-order valence-corrected chi connectivity index (χ3v) is 12.3. The fourth-order valence-corrected chi connectivity index (χ4v) is 8.56. The van der Waals surface area contributed by atoms with Crippen LogP contribution < -0.4 is 28.0 Å². The number of H-pyrrole nitrogens is 2. The molecule has 0 unspecified atom stereocenters. The third kappa shape index (κ3) is 20.7. The van der Waals surface area contributed by atoms with Crippen LogP contribution in [-0.2, 0) is 22.7 Å². The van der Waals surface area contributed by atoms with Crippen LogP contribution >= 0.6 is 97.2 Å². The van der Waals surface area contributed by atoms with Gasteiger partial charge in [-0.25, -0.2) is 0 Å². The number of para-hydroxylation sites is 2. The van der Waals surface area contributed by atoms with E-state index >= 15 is 0 Å². The van der Waals surface area contributed by atoms with Gasteiger partial charge >= 0.3 is 115 Å². The van der Waals surface area contributed by atoms with Crippen molar-refractivity contribution in [2.75, 3.05) is 39.5 Å². The minimum absolute atomic E-state index is 0.0307. The molecule has 8 aromatic carbocycles. The number of hydrogen-bond acceptors (Lipinski definition) is 10. The van der Waals surface area contributed by atoms with E-state index in [1.807, 2.05) is 78.9 Å². The molecule has 1 fully saturated rings. The van der Waals surface area contributed by atoms with Crippen LogP contribution in [0.5, 0.6) is 11.5 Å². The van der Waals surface area contributed by atoms with E-state index in [9.17, 15) is 25.3 Å². The van der Waals surface area contributed by atoms with Crippen LogP contribution in [-0.4, -0.2) is 69.3 Å². The molecule has 0 radical (unpaired) electrons. The third-order valence-electron chi connectivity index (χ3n) is 12.3. The fraction of sp³-hybridized carbons (Fsp3) is 0.172. The number of rotatable bonds is 18. The molecular formula is C58H54I6N6O8V-. The van der Waals surface area contributed by atoms with E-state index in [1.165, 1.54) is 39.9 Å². The Hall–Kier alpha value is -3.44. The number of ether oxygens (including phenoxy) is 3. The molecular weight excluding hydrogens is 1720 g/mol. The average Bonchev–Trinajstić information content (AvgIpc) is 4.33. The molecule has 14 nitrogen and oxygen atoms in total. The Morgan fingerprint density at radius 3 is 1.66 bits per heavy atom. The van der Waals surface area contributed by atoms with Crippen molar-refractivity contribution in [1.82, 2.24) is 20.2 Å². The fourth-order valence-electron chi connectivity index (χ4n) is 8.56. The summed E-state index contributed by atoms with van der Waals surface area (Å²) >= 11 is 12.7. The zero-order valence-electron chi connectivity index (χ0n) is 42.1. The number of nitrogens with one attached hydrogen (secondary N) is 3. The second-order valence-electron chi connectivity index (χ2n) is 17.6. The molecule has 412 valence electrons. The molecule has 0 bridgehead atoms. The van der Waals surface area contributed by atoms with Crippen LogP contribution in [0.15, 0.2) is 194 Å². The van der Waals surface area contributed by atoms with Crippen LogP contribution in [0.25, 0.3) is 43.6 Å². The Morgan fingerprint density at radius 1 is 0.633 bits per heavy atom. The number of aromatic nitrogens is 2. The van der Waals surface area contributed by atoms with Crippen LogP contribution in [0.3, 0.4) is 0 Å². The van der Waals surface area contributed by atoms with E-state index in [1.54, 1.807) is 24.3 Å². The summed E-state index contributed by atoms with van der Waals surface area (Å²) in [4.78, 5) is 29.4. The van der Waals surface area contributed by atoms with Crippen molar-refractivity contribution in [3.63, 3.8) is 0 Å². The molecule has 10 aromatic rings. The molecule has 11 rings (SSSR count). The van der Waals surface area contributed by atoms with Gasteiger partial charge in [0.2, 0.25) is 0 Å². The van der Waals surface area contributed by atoms with Crippen LogP contribution in [0.2, 0.25) is 0 Å². The smallest absolute Gasteiger partial charge is 0.121 e. The zero-order valence-corrected chi connectivity index (χ0v) is 56.5. The number of benzene rings is 8. The number of nitro benzene ring substituents is 2. The summed E-state index contributed by atoms with van der Waals surface area (Å²) in [5, 5.41) is 40.6. The van der Waals surface area contributed by atoms with Gasteiger partial charge in [-0.1, -0.05) is 121 Å². The van der Waals surface area contributed by atoms with Gasteiger partial charge in [-0.2, -0.15) is 0 Å². The number of aliphatic hydroxyl groups is 1. The van der Waals surface area contributed by atoms with Crippen molar-refractivity contribution in [2.24, 2.45) is 0 Å². The quantitative estimate of drug-likeness (QED) is 0.0212. The summed E-state index contributed by atoms with van der Waals surface area (Å²) in [6.45, 7) is 4.97. The molecule has 2 aromatic heterocycles. The van der Waals surface area contributed by atoms with E-state index in [0.29, 0.717) is 58.3 Å². The van der Waals surface area contributed by atoms with Gasteiger partial charge in [-0.15, -0.1) is 0 Å². The summed E-state index contributed by atoms with van der Waals surface area (Å²) in [5.74, 6) is 1.67. The molecule has 0 aliphatic carbocycles. The number of halogens is 6. The number of fused-ring (bicyclic) bond motifs is 6. The minimum atomic E-state index is -0.865. The molecule has 0 saturated carbocycles. The van der Waals surface area contributed by atoms with E-state index in [4.69, 9.17) is 14.2 Å². The molecule has 3 heterocycles. The first-order valence-electron chi connectivity index (χ1n) is 24.6. The molecule has 0 spiro atoms. The maximum atomic E-state index is 11.1. The first-order valence-corrected chi connectivity index (χ1v) is 50.7. The predicted molar refractivity (Wildman–Crippen MR) is 352 cm³/mol. The van der Waals surface area contributed by atoms with E-state index in [0.717, 1.165) is 63.2 Å². The zero-order chi connectivity index (χ0) is 55.9. The number of aliphatic hydroxyl groups excluding tert-OH is 1. The van der Waals surface area contributed by atoms with Crippen molar-refractivity contribution >= 4 is 152 Å². The van der Waals surface area contributed by atoms with Gasteiger partial charge in [0.25, 0.3) is 11.4 Å². The van der Waals surface area contributed by atoms with Crippen molar-refractivity contribution in [3.05, 3.63) is 237 Å². The Morgan fingerprint density at radius 2 is 1.11 bits per heavy atom. The van der Waals surface area contributed by atoms with Crippen LogP contribution in [0.1, 0.15) is 34.5 Å². The van der Waals surface area contributed by atoms with Gasteiger partial charge in [-0.3, -0.25) is 25.1 Å². The van der Waals surface area contributed by atoms with Crippen molar-refractivity contribution in [1.29, 1.82) is 0 Å². The standard InChI is InChI=1S/C29H27N3O4.C21H20N2O.C8H7NO3.I3.3HI.V/c33-29(22-9-6-10-23(17-22)32(34)35)20-31(19-21-7-2-1-3-8-21)15-16-36-24-13-14-26-25-11-4-5-12-27(25)30-28(26)18-24;1-2-6-16(7-3-1)15-22-12-13-24-17-10-11-19-18-8-4-5-9-20(18)23-21(19)14-17;10-9(11)7-3-1-2-6(4-7)8-5-12-8;1-3-2;;;;/h1-14,17-18,29-30,33H,15-16,19-20H2;1-11,14,22-23H,12-13,15H2;1-4,8H,5H2;;3*1H;/q;;;-1;;;;+3/p-3/t29-;;8-;;;;;/m0.0...../s1. The van der Waals surface area contributed by atoms with E-state index in [-0.39, 0.29) is 22.4 Å². The van der Waals surface area contributed by atoms with E-state index in [2.05, 4.69) is 190 Å². The minimum Gasteiger partial charge on any atom is -0.492 e. The number of nitrogens with zero attached hydrogens (tertiary/aromatic N) is 3. The Labute approximate surface area is 525 Å². The summed E-state index contributed by atoms with van der Waals surface area (Å²) in [5.41, 5.74) is 8.31. The molecule has 79 heavy (non-hydrogen) atoms. The van der Waals surface area contributed by atoms with E-state index < -0.39 is 16.0 Å². The second-order valence-corrected chi connectivity index (χ2v) is 69.2. The molecule has 4 N–H and O–H groups in total. The van der Waals surface area contributed by atoms with Gasteiger partial charge in [0, 0.05) is 102 Å². The maximum Gasteiger partial charge on any atom is 0.121 e. The van der Waals surface area contributed by atoms with Gasteiger partial charge in [0.15, 0.2) is 0 Å². The number of hydrogen-bond donors (Lipinski definition) is 4. The predicted octanol–water partition coefficient (Wildman–Crippen LogP) is 13.4. The number of epoxide rings is 1. The summed E-state index contributed by atoms with van der Waals surface area (Å²) in [6, 6.07) is 62.0. The van der Waals surface area contributed by atoms with Crippen molar-refractivity contribution in [2.45, 2.75) is 25.3 Å². The first-order chi connectivity index (χ1) is 38.4. The van der Waals surface area contributed by atoms with Crippen molar-refractivity contribution in [3.8, 4) is 11.5 Å². The normalized spacial score (nSPS) is 12.8. The Bertz CT molecular complexity index is 3500. The van der Waals surface area contributed by atoms with Crippen molar-refractivity contribution < 1.29 is 47.3 Å². The molecule has 1 saturated heterocycles. The van der Waals surface area contributed by atoms with Gasteiger partial charge < -0.3 is 34.6 Å². The molecule has 2 atom stereocenters. The maximum absolute atomic E-state index is 11.1. The van der Waals surface area contributed by atoms with Crippen LogP contribution in [0, 0.1) is 20.2 Å². The van der Waals surface area contributed by atoms with Gasteiger partial charge in [-0.05, 0) is 58.7 Å². The second kappa shape index (κ2) is 33.6. The summed E-state index contributed by atoms with van der Waals surface area (Å²) in [7, 11) is 0. The molecule has 21 heteroatoms. The Kier molecular flexibility index (Phi) is 26.9. The van der Waals surface area contributed by atoms with Gasteiger partial charge in [0.1, 0.15) is 30.8 Å². The summed E-state index contributed by atoms with van der Waals surface area (Å²) < 4.78 is 17.0. The monoisotopic (exact) mass is 1770 g/mol. The Balaban J connectivity index is 0.000000179. The first kappa shape index (κ1) is 63.2. The SMILES string of the molecule is I[I-]I.O=[N+]([O-])c1cccc([C@@H](O)CN(CCOc2ccc3c(c2)[nH]c2ccccc23)Cc2ccccc2)c1.O=[N+]([O-])c1cccc([C@@H]2CO2)c1.[I][V]([I])[I].c1ccc(CNCCOc2ccc3c(c2)[nH]c2ccccc23)cc1. The number of nitro groups is 2. The largest absolute Gasteiger partial charge is 0.492 e. The van der Waals surface area contributed by atoms with Crippen LogP contribution in [0.4, 0.5) is 11.4 Å². The average molecular weight is 1780 g/mol.